The summed E-state index contributed by atoms with van der Waals surface area (Å²) in [5, 5.41) is 22.3. The molecule has 2 aromatic rings. The Morgan fingerprint density at radius 3 is 2.65 bits per heavy atom. The number of rotatable bonds is 5. The Morgan fingerprint density at radius 1 is 1.30 bits per heavy atom. The van der Waals surface area contributed by atoms with Crippen LogP contribution in [0.1, 0.15) is 24.2 Å². The lowest BCUT2D eigenvalue weighted by molar-refractivity contribution is -0.121. The summed E-state index contributed by atoms with van der Waals surface area (Å²) < 4.78 is 13.8. The molecule has 3 N–H and O–H groups in total. The summed E-state index contributed by atoms with van der Waals surface area (Å²) in [6.07, 6.45) is -1.23. The molecule has 1 amide bonds. The van der Waals surface area contributed by atoms with E-state index < -0.39 is 18.0 Å². The Bertz CT molecular complexity index is 688. The van der Waals surface area contributed by atoms with E-state index in [0.29, 0.717) is 5.56 Å². The molecule has 0 heterocycles. The maximum absolute atomic E-state index is 13.8. The van der Waals surface area contributed by atoms with Gasteiger partial charge in [-0.2, -0.15) is 0 Å². The monoisotopic (exact) mass is 337 g/mol. The van der Waals surface area contributed by atoms with Gasteiger partial charge < -0.3 is 15.5 Å². The zero-order valence-electron chi connectivity index (χ0n) is 12.5. The van der Waals surface area contributed by atoms with Crippen LogP contribution in [-0.2, 0) is 11.2 Å². The second-order valence-corrected chi connectivity index (χ2v) is 5.69. The summed E-state index contributed by atoms with van der Waals surface area (Å²) >= 11 is 5.91. The lowest BCUT2D eigenvalue weighted by Crippen LogP contribution is -2.38. The smallest absolute Gasteiger partial charge is 0.224 e. The first-order valence-electron chi connectivity index (χ1n) is 7.07. The number of benzene rings is 2. The van der Waals surface area contributed by atoms with Crippen molar-refractivity contribution in [1.29, 1.82) is 0 Å². The topological polar surface area (TPSA) is 69.6 Å². The van der Waals surface area contributed by atoms with Crippen molar-refractivity contribution in [2.75, 3.05) is 0 Å². The molecule has 2 atom stereocenters. The van der Waals surface area contributed by atoms with Gasteiger partial charge >= 0.3 is 0 Å². The third-order valence-corrected chi connectivity index (χ3v) is 3.76. The second-order valence-electron chi connectivity index (χ2n) is 5.28. The number of phenols is 1. The van der Waals surface area contributed by atoms with Gasteiger partial charge in [0.2, 0.25) is 5.91 Å². The molecule has 0 radical (unpaired) electrons. The van der Waals surface area contributed by atoms with Gasteiger partial charge in [0.05, 0.1) is 12.5 Å². The molecule has 0 bridgehead atoms. The molecular weight excluding hydrogens is 321 g/mol. The summed E-state index contributed by atoms with van der Waals surface area (Å²) in [4.78, 5) is 12.0. The fourth-order valence-electron chi connectivity index (χ4n) is 2.28. The highest BCUT2D eigenvalue weighted by atomic mass is 35.5. The van der Waals surface area contributed by atoms with Crippen LogP contribution in [0.2, 0.25) is 5.02 Å². The molecule has 0 saturated carbocycles. The highest BCUT2D eigenvalue weighted by Gasteiger charge is 2.23. The van der Waals surface area contributed by atoms with Crippen molar-refractivity contribution in [3.63, 3.8) is 0 Å². The van der Waals surface area contributed by atoms with Gasteiger partial charge in [0, 0.05) is 10.6 Å². The van der Waals surface area contributed by atoms with Gasteiger partial charge in [0.25, 0.3) is 0 Å². The standard InChI is InChI=1S/C17H17ClFNO3/c1-10(17(23)16-13(18)6-3-7-14(16)19)20-15(22)9-11-4-2-5-12(21)8-11/h2-8,10,17,21,23H,9H2,1H3,(H,20,22)/t10-,17-/m1/s1. The van der Waals surface area contributed by atoms with E-state index in [9.17, 15) is 19.4 Å². The van der Waals surface area contributed by atoms with Crippen molar-refractivity contribution in [3.8, 4) is 5.75 Å². The molecule has 122 valence electrons. The highest BCUT2D eigenvalue weighted by molar-refractivity contribution is 6.31. The SMILES string of the molecule is C[C@@H](NC(=O)Cc1cccc(O)c1)[C@@H](O)c1c(F)cccc1Cl. The van der Waals surface area contributed by atoms with Gasteiger partial charge in [-0.05, 0) is 36.8 Å². The number of aliphatic hydroxyl groups is 1. The van der Waals surface area contributed by atoms with E-state index in [-0.39, 0.29) is 28.7 Å². The van der Waals surface area contributed by atoms with Gasteiger partial charge in [0.1, 0.15) is 17.7 Å². The maximum Gasteiger partial charge on any atom is 0.224 e. The van der Waals surface area contributed by atoms with Crippen LogP contribution in [0.3, 0.4) is 0 Å². The van der Waals surface area contributed by atoms with Crippen molar-refractivity contribution < 1.29 is 19.4 Å². The first kappa shape index (κ1) is 17.2. The van der Waals surface area contributed by atoms with E-state index in [4.69, 9.17) is 11.6 Å². The van der Waals surface area contributed by atoms with Gasteiger partial charge in [0.15, 0.2) is 0 Å². The summed E-state index contributed by atoms with van der Waals surface area (Å²) in [7, 11) is 0. The van der Waals surface area contributed by atoms with Gasteiger partial charge in [-0.15, -0.1) is 0 Å². The van der Waals surface area contributed by atoms with Crippen molar-refractivity contribution in [3.05, 3.63) is 64.4 Å². The van der Waals surface area contributed by atoms with Crippen LogP contribution >= 0.6 is 11.6 Å². The van der Waals surface area contributed by atoms with Crippen LogP contribution in [0, 0.1) is 5.82 Å². The number of aliphatic hydroxyl groups excluding tert-OH is 1. The summed E-state index contributed by atoms with van der Waals surface area (Å²) in [6.45, 7) is 1.56. The molecule has 2 aromatic carbocycles. The predicted molar refractivity (Wildman–Crippen MR) is 85.8 cm³/mol. The normalized spacial score (nSPS) is 13.4. The first-order chi connectivity index (χ1) is 10.9. The lowest BCUT2D eigenvalue weighted by atomic mass is 10.0. The minimum absolute atomic E-state index is 0.0382. The Kier molecular flexibility index (Phi) is 5.58. The van der Waals surface area contributed by atoms with Crippen LogP contribution < -0.4 is 5.32 Å². The van der Waals surface area contributed by atoms with Crippen molar-refractivity contribution in [1.82, 2.24) is 5.32 Å². The van der Waals surface area contributed by atoms with Gasteiger partial charge in [-0.1, -0.05) is 29.8 Å². The molecule has 0 spiro atoms. The number of hydrogen-bond donors (Lipinski definition) is 3. The van der Waals surface area contributed by atoms with Crippen LogP contribution in [-0.4, -0.2) is 22.2 Å². The summed E-state index contributed by atoms with van der Waals surface area (Å²) in [5.41, 5.74) is 0.590. The van der Waals surface area contributed by atoms with Crippen molar-refractivity contribution >= 4 is 17.5 Å². The molecule has 0 saturated heterocycles. The highest BCUT2D eigenvalue weighted by Crippen LogP contribution is 2.27. The molecule has 0 unspecified atom stereocenters. The minimum Gasteiger partial charge on any atom is -0.508 e. The number of carbonyl (C=O) groups excluding carboxylic acids is 1. The average molecular weight is 338 g/mol. The zero-order valence-corrected chi connectivity index (χ0v) is 13.2. The van der Waals surface area contributed by atoms with E-state index >= 15 is 0 Å². The number of nitrogens with one attached hydrogen (secondary N) is 1. The number of hydrogen-bond acceptors (Lipinski definition) is 3. The average Bonchev–Trinajstić information content (AvgIpc) is 2.46. The van der Waals surface area contributed by atoms with E-state index in [1.54, 1.807) is 19.1 Å². The Labute approximate surface area is 138 Å². The maximum atomic E-state index is 13.8. The lowest BCUT2D eigenvalue weighted by Gasteiger charge is -2.22. The Balaban J connectivity index is 2.03. The van der Waals surface area contributed by atoms with E-state index in [0.717, 1.165) is 0 Å². The number of aromatic hydroxyl groups is 1. The molecule has 0 aromatic heterocycles. The minimum atomic E-state index is -1.27. The molecule has 0 fully saturated rings. The molecule has 0 aliphatic heterocycles. The van der Waals surface area contributed by atoms with Crippen molar-refractivity contribution in [2.45, 2.75) is 25.5 Å². The molecular formula is C17H17ClFNO3. The van der Waals surface area contributed by atoms with E-state index in [1.165, 1.54) is 30.3 Å². The third kappa shape index (κ3) is 4.43. The van der Waals surface area contributed by atoms with Crippen LogP contribution in [0.4, 0.5) is 4.39 Å². The number of halogens is 2. The van der Waals surface area contributed by atoms with E-state index in [1.807, 2.05) is 0 Å². The number of amides is 1. The van der Waals surface area contributed by atoms with Gasteiger partial charge in [-0.3, -0.25) is 4.79 Å². The fraction of sp³-hybridized carbons (Fsp3) is 0.235. The largest absolute Gasteiger partial charge is 0.508 e. The molecule has 6 heteroatoms. The van der Waals surface area contributed by atoms with Crippen LogP contribution in [0.25, 0.3) is 0 Å². The summed E-state index contributed by atoms with van der Waals surface area (Å²) in [5.74, 6) is -0.907. The molecule has 4 nitrogen and oxygen atoms in total. The Morgan fingerprint density at radius 2 is 2.00 bits per heavy atom. The van der Waals surface area contributed by atoms with Gasteiger partial charge in [-0.25, -0.2) is 4.39 Å². The molecule has 23 heavy (non-hydrogen) atoms. The summed E-state index contributed by atoms with van der Waals surface area (Å²) in [6, 6.07) is 9.72. The molecule has 0 aliphatic rings. The van der Waals surface area contributed by atoms with Crippen LogP contribution in [0.5, 0.6) is 5.75 Å². The molecule has 0 aliphatic carbocycles. The number of carbonyl (C=O) groups is 1. The van der Waals surface area contributed by atoms with E-state index in [2.05, 4.69) is 5.32 Å². The second kappa shape index (κ2) is 7.44. The predicted octanol–water partition coefficient (Wildman–Crippen LogP) is 2.97. The van der Waals surface area contributed by atoms with Crippen LogP contribution in [0.15, 0.2) is 42.5 Å². The quantitative estimate of drug-likeness (QED) is 0.785. The molecule has 2 rings (SSSR count). The Hall–Kier alpha value is -2.11. The fourth-order valence-corrected chi connectivity index (χ4v) is 2.55. The first-order valence-corrected chi connectivity index (χ1v) is 7.45. The zero-order chi connectivity index (χ0) is 17.0. The van der Waals surface area contributed by atoms with Crippen molar-refractivity contribution in [2.24, 2.45) is 0 Å². The number of phenolic OH excluding ortho intramolecular Hbond substituents is 1. The third-order valence-electron chi connectivity index (χ3n) is 3.43.